The van der Waals surface area contributed by atoms with Crippen LogP contribution in [0, 0.1) is 12.8 Å². The molecule has 1 N–H and O–H groups in total. The van der Waals surface area contributed by atoms with Gasteiger partial charge in [0.15, 0.2) is 9.84 Å². The van der Waals surface area contributed by atoms with Gasteiger partial charge in [0.05, 0.1) is 17.3 Å². The van der Waals surface area contributed by atoms with Crippen LogP contribution in [0.25, 0.3) is 0 Å². The molecule has 0 aliphatic carbocycles. The topological polar surface area (TPSA) is 111 Å². The fraction of sp³-hybridized carbons (Fsp3) is 0.318. The van der Waals surface area contributed by atoms with Crippen LogP contribution in [0.5, 0.6) is 11.5 Å². The Morgan fingerprint density at radius 2 is 1.81 bits per heavy atom. The van der Waals surface area contributed by atoms with Crippen molar-refractivity contribution in [3.63, 3.8) is 0 Å². The molecule has 8 nitrogen and oxygen atoms in total. The molecular formula is C22H23N3O5S2. The van der Waals surface area contributed by atoms with Crippen LogP contribution >= 0.6 is 11.8 Å². The lowest BCUT2D eigenvalue weighted by Crippen LogP contribution is -2.13. The molecule has 10 heteroatoms. The number of aromatic nitrogens is 2. The van der Waals surface area contributed by atoms with E-state index in [1.165, 1.54) is 0 Å². The predicted molar refractivity (Wildman–Crippen MR) is 122 cm³/mol. The second kappa shape index (κ2) is 9.74. The zero-order valence-corrected chi connectivity index (χ0v) is 19.1. The number of sulfone groups is 1. The predicted octanol–water partition coefficient (Wildman–Crippen LogP) is 3.88. The number of nitrogens with zero attached hydrogens (tertiary/aromatic N) is 2. The molecule has 32 heavy (non-hydrogen) atoms. The lowest BCUT2D eigenvalue weighted by molar-refractivity contribution is -0.113. The van der Waals surface area contributed by atoms with Crippen molar-refractivity contribution in [3.05, 3.63) is 60.0 Å². The first-order chi connectivity index (χ1) is 15.3. The van der Waals surface area contributed by atoms with E-state index in [-0.39, 0.29) is 34.3 Å². The summed E-state index contributed by atoms with van der Waals surface area (Å²) < 4.78 is 34.4. The summed E-state index contributed by atoms with van der Waals surface area (Å²) >= 11 is 1.14. The Balaban J connectivity index is 1.23. The minimum atomic E-state index is -2.94. The fourth-order valence-electron chi connectivity index (χ4n) is 3.33. The van der Waals surface area contributed by atoms with Crippen molar-refractivity contribution >= 4 is 33.2 Å². The summed E-state index contributed by atoms with van der Waals surface area (Å²) in [5, 5.41) is 11.0. The number of hydrogen-bond acceptors (Lipinski definition) is 8. The van der Waals surface area contributed by atoms with Crippen LogP contribution in [0.4, 0.5) is 5.69 Å². The molecule has 1 atom stereocenters. The van der Waals surface area contributed by atoms with Crippen molar-refractivity contribution in [2.45, 2.75) is 25.0 Å². The molecule has 4 rings (SSSR count). The van der Waals surface area contributed by atoms with E-state index < -0.39 is 9.84 Å². The van der Waals surface area contributed by atoms with E-state index in [9.17, 15) is 13.2 Å². The first-order valence-electron chi connectivity index (χ1n) is 10.1. The van der Waals surface area contributed by atoms with Crippen LogP contribution < -0.4 is 10.1 Å². The lowest BCUT2D eigenvalue weighted by Gasteiger charge is -2.08. The largest absolute Gasteiger partial charge is 0.457 e. The average molecular weight is 474 g/mol. The standard InChI is InChI=1S/C22H23N3O5S2/c1-15-2-6-18(7-3-15)29-19-8-4-17(5-9-19)23-20(26)13-31-22-25-24-21(30-22)12-16-10-11-32(27,28)14-16/h2-9,16H,10-14H2,1H3,(H,23,26). The Morgan fingerprint density at radius 1 is 1.12 bits per heavy atom. The quantitative estimate of drug-likeness (QED) is 0.491. The zero-order chi connectivity index (χ0) is 22.6. The summed E-state index contributed by atoms with van der Waals surface area (Å²) in [7, 11) is -2.94. The highest BCUT2D eigenvalue weighted by Gasteiger charge is 2.29. The maximum absolute atomic E-state index is 12.2. The molecule has 0 radical (unpaired) electrons. The van der Waals surface area contributed by atoms with Crippen LogP contribution in [-0.4, -0.2) is 41.8 Å². The van der Waals surface area contributed by atoms with E-state index in [1.54, 1.807) is 24.3 Å². The normalized spacial score (nSPS) is 17.2. The molecule has 1 amide bonds. The maximum Gasteiger partial charge on any atom is 0.277 e. The number of ether oxygens (including phenoxy) is 1. The number of carbonyl (C=O) groups excluding carboxylic acids is 1. The minimum absolute atomic E-state index is 0.0135. The molecular weight excluding hydrogens is 450 g/mol. The van der Waals surface area contributed by atoms with Gasteiger partial charge in [-0.25, -0.2) is 8.42 Å². The molecule has 1 aliphatic heterocycles. The lowest BCUT2D eigenvalue weighted by atomic mass is 10.1. The third-order valence-corrected chi connectivity index (χ3v) is 7.62. The first-order valence-corrected chi connectivity index (χ1v) is 13.0. The third kappa shape index (κ3) is 6.33. The summed E-state index contributed by atoms with van der Waals surface area (Å²) in [6.45, 7) is 2.02. The first kappa shape index (κ1) is 22.3. The number of aryl methyl sites for hydroxylation is 1. The van der Waals surface area contributed by atoms with Crippen LogP contribution in [0.2, 0.25) is 0 Å². The molecule has 1 aromatic heterocycles. The molecule has 2 aromatic carbocycles. The molecule has 0 saturated carbocycles. The van der Waals surface area contributed by atoms with Crippen molar-refractivity contribution in [1.29, 1.82) is 0 Å². The highest BCUT2D eigenvalue weighted by Crippen LogP contribution is 2.25. The minimum Gasteiger partial charge on any atom is -0.457 e. The van der Waals surface area contributed by atoms with Gasteiger partial charge in [-0.05, 0) is 55.7 Å². The summed E-state index contributed by atoms with van der Waals surface area (Å²) in [5.41, 5.74) is 1.81. The summed E-state index contributed by atoms with van der Waals surface area (Å²) in [5.74, 6) is 2.12. The second-order valence-corrected chi connectivity index (χ2v) is 10.9. The van der Waals surface area contributed by atoms with Gasteiger partial charge in [0.25, 0.3) is 5.22 Å². The number of anilines is 1. The highest BCUT2D eigenvalue weighted by molar-refractivity contribution is 7.99. The Hall–Kier alpha value is -2.85. The van der Waals surface area contributed by atoms with E-state index >= 15 is 0 Å². The fourth-order valence-corrected chi connectivity index (χ4v) is 5.77. The van der Waals surface area contributed by atoms with Gasteiger partial charge in [-0.3, -0.25) is 4.79 Å². The van der Waals surface area contributed by atoms with Gasteiger partial charge in [0.1, 0.15) is 11.5 Å². The summed E-state index contributed by atoms with van der Waals surface area (Å²) in [6.07, 6.45) is 1.06. The molecule has 1 saturated heterocycles. The van der Waals surface area contributed by atoms with Gasteiger partial charge in [-0.1, -0.05) is 29.5 Å². The van der Waals surface area contributed by atoms with Gasteiger partial charge < -0.3 is 14.5 Å². The number of benzene rings is 2. The van der Waals surface area contributed by atoms with Gasteiger partial charge in [-0.15, -0.1) is 10.2 Å². The van der Waals surface area contributed by atoms with Gasteiger partial charge in [0.2, 0.25) is 11.8 Å². The highest BCUT2D eigenvalue weighted by atomic mass is 32.2. The number of rotatable bonds is 8. The summed E-state index contributed by atoms with van der Waals surface area (Å²) in [4.78, 5) is 12.2. The van der Waals surface area contributed by atoms with E-state index in [4.69, 9.17) is 9.15 Å². The van der Waals surface area contributed by atoms with E-state index in [1.807, 2.05) is 31.2 Å². The zero-order valence-electron chi connectivity index (χ0n) is 17.5. The van der Waals surface area contributed by atoms with E-state index in [2.05, 4.69) is 15.5 Å². The molecule has 2 heterocycles. The molecule has 168 valence electrons. The Kier molecular flexibility index (Phi) is 6.80. The third-order valence-electron chi connectivity index (χ3n) is 4.96. The second-order valence-electron chi connectivity index (χ2n) is 7.71. The van der Waals surface area contributed by atoms with Gasteiger partial charge >= 0.3 is 0 Å². The number of amides is 1. The van der Waals surface area contributed by atoms with Crippen molar-refractivity contribution in [3.8, 4) is 11.5 Å². The molecule has 1 fully saturated rings. The van der Waals surface area contributed by atoms with Crippen molar-refractivity contribution < 1.29 is 22.4 Å². The SMILES string of the molecule is Cc1ccc(Oc2ccc(NC(=O)CSc3nnc(CC4CCS(=O)(=O)C4)o3)cc2)cc1. The summed E-state index contributed by atoms with van der Waals surface area (Å²) in [6, 6.07) is 14.9. The Morgan fingerprint density at radius 3 is 2.47 bits per heavy atom. The van der Waals surface area contributed by atoms with E-state index in [0.29, 0.717) is 30.2 Å². The van der Waals surface area contributed by atoms with Crippen LogP contribution in [0.1, 0.15) is 17.9 Å². The van der Waals surface area contributed by atoms with Crippen molar-refractivity contribution in [1.82, 2.24) is 10.2 Å². The van der Waals surface area contributed by atoms with Crippen LogP contribution in [-0.2, 0) is 21.1 Å². The molecule has 1 unspecified atom stereocenters. The smallest absolute Gasteiger partial charge is 0.277 e. The number of nitrogens with one attached hydrogen (secondary N) is 1. The van der Waals surface area contributed by atoms with Crippen molar-refractivity contribution in [2.75, 3.05) is 22.6 Å². The van der Waals surface area contributed by atoms with Gasteiger partial charge in [0, 0.05) is 12.1 Å². The number of hydrogen-bond donors (Lipinski definition) is 1. The Labute approximate surface area is 190 Å². The molecule has 1 aliphatic rings. The van der Waals surface area contributed by atoms with Crippen LogP contribution in [0.3, 0.4) is 0 Å². The van der Waals surface area contributed by atoms with Crippen molar-refractivity contribution in [2.24, 2.45) is 5.92 Å². The van der Waals surface area contributed by atoms with Crippen LogP contribution in [0.15, 0.2) is 58.2 Å². The van der Waals surface area contributed by atoms with E-state index in [0.717, 1.165) is 23.1 Å². The number of thioether (sulfide) groups is 1. The average Bonchev–Trinajstić information content (AvgIpc) is 3.35. The van der Waals surface area contributed by atoms with Gasteiger partial charge in [-0.2, -0.15) is 0 Å². The molecule has 0 bridgehead atoms. The number of carbonyl (C=O) groups is 1. The molecule has 0 spiro atoms. The molecule has 3 aromatic rings. The Bertz CT molecular complexity index is 1180. The monoisotopic (exact) mass is 473 g/mol. The maximum atomic E-state index is 12.2.